The van der Waals surface area contributed by atoms with Crippen LogP contribution in [0.5, 0.6) is 0 Å². The fraction of sp³-hybridized carbons (Fsp3) is 0.636. The summed E-state index contributed by atoms with van der Waals surface area (Å²) in [6.45, 7) is 10.8. The molecule has 1 heterocycles. The molecule has 2 fully saturated rings. The van der Waals surface area contributed by atoms with Gasteiger partial charge in [0.1, 0.15) is 0 Å². The van der Waals surface area contributed by atoms with Crippen LogP contribution in [0.15, 0.2) is 35.8 Å². The molecule has 1 aromatic rings. The van der Waals surface area contributed by atoms with Gasteiger partial charge in [0.05, 0.1) is 11.2 Å². The average molecular weight is 340 g/mol. The second-order valence-electron chi connectivity index (χ2n) is 8.81. The molecule has 0 spiro atoms. The molecule has 2 aliphatic rings. The van der Waals surface area contributed by atoms with Crippen LogP contribution < -0.4 is 0 Å². The predicted molar refractivity (Wildman–Crippen MR) is 106 cm³/mol. The van der Waals surface area contributed by atoms with Gasteiger partial charge in [0.25, 0.3) is 0 Å². The Morgan fingerprint density at radius 2 is 1.52 bits per heavy atom. The topological polar surface area (TPSA) is 18.5 Å². The first-order valence-corrected chi connectivity index (χ1v) is 9.91. The van der Waals surface area contributed by atoms with Gasteiger partial charge in [-0.3, -0.25) is 0 Å². The lowest BCUT2D eigenvalue weighted by Gasteiger charge is -2.32. The molecule has 0 bridgehead atoms. The van der Waals surface area contributed by atoms with Crippen LogP contribution >= 0.6 is 0 Å². The van der Waals surface area contributed by atoms with Crippen LogP contribution in [0.1, 0.15) is 78.7 Å². The Morgan fingerprint density at radius 3 is 2.08 bits per heavy atom. The molecule has 0 radical (unpaired) electrons. The molecule has 1 aliphatic heterocycles. The van der Waals surface area contributed by atoms with Gasteiger partial charge < -0.3 is 9.31 Å². The van der Waals surface area contributed by atoms with Gasteiger partial charge in [-0.25, -0.2) is 0 Å². The van der Waals surface area contributed by atoms with Crippen LogP contribution in [0.25, 0.3) is 5.57 Å². The van der Waals surface area contributed by atoms with Crippen molar-refractivity contribution in [3.05, 3.63) is 41.4 Å². The minimum atomic E-state index is -0.285. The van der Waals surface area contributed by atoms with Crippen LogP contribution in [0.3, 0.4) is 0 Å². The Kier molecular flexibility index (Phi) is 5.46. The highest BCUT2D eigenvalue weighted by molar-refractivity contribution is 6.56. The van der Waals surface area contributed by atoms with Crippen LogP contribution in [-0.4, -0.2) is 18.3 Å². The Balaban J connectivity index is 1.92. The SMILES string of the molecule is C/C(=C(\CC1CCCCC1)B1OC(C)(C)C(C)(C)O1)c1ccccc1. The maximum atomic E-state index is 6.43. The lowest BCUT2D eigenvalue weighted by Crippen LogP contribution is -2.41. The standard InChI is InChI=1S/C22H33BO2/c1-17(19-14-10-7-11-15-19)20(16-18-12-8-6-9-13-18)23-24-21(2,3)22(4,5)25-23/h7,10-11,14-15,18H,6,8-9,12-13,16H2,1-5H3/b20-17-. The third-order valence-corrected chi connectivity index (χ3v) is 6.46. The normalized spacial score (nSPS) is 24.3. The number of allylic oxidation sites excluding steroid dienone is 2. The molecule has 0 N–H and O–H groups in total. The Morgan fingerprint density at radius 1 is 0.960 bits per heavy atom. The van der Waals surface area contributed by atoms with E-state index in [0.29, 0.717) is 0 Å². The fourth-order valence-electron chi connectivity index (χ4n) is 3.99. The van der Waals surface area contributed by atoms with Crippen LogP contribution in [0.2, 0.25) is 0 Å². The zero-order valence-corrected chi connectivity index (χ0v) is 16.6. The molecule has 25 heavy (non-hydrogen) atoms. The van der Waals surface area contributed by atoms with Gasteiger partial charge in [-0.05, 0) is 63.6 Å². The first-order valence-electron chi connectivity index (χ1n) is 9.91. The number of hydrogen-bond acceptors (Lipinski definition) is 2. The summed E-state index contributed by atoms with van der Waals surface area (Å²) < 4.78 is 12.9. The molecule has 3 rings (SSSR count). The van der Waals surface area contributed by atoms with E-state index in [4.69, 9.17) is 9.31 Å². The van der Waals surface area contributed by atoms with E-state index in [1.807, 2.05) is 0 Å². The van der Waals surface area contributed by atoms with Crippen molar-refractivity contribution < 1.29 is 9.31 Å². The molecule has 0 amide bonds. The van der Waals surface area contributed by atoms with Crippen LogP contribution in [0, 0.1) is 5.92 Å². The summed E-state index contributed by atoms with van der Waals surface area (Å²) in [5, 5.41) is 0. The summed E-state index contributed by atoms with van der Waals surface area (Å²) in [4.78, 5) is 0. The van der Waals surface area contributed by atoms with Gasteiger partial charge in [0.2, 0.25) is 0 Å². The van der Waals surface area contributed by atoms with Crippen molar-refractivity contribution in [2.75, 3.05) is 0 Å². The highest BCUT2D eigenvalue weighted by atomic mass is 16.7. The van der Waals surface area contributed by atoms with Gasteiger partial charge in [-0.15, -0.1) is 0 Å². The zero-order chi connectivity index (χ0) is 18.1. The van der Waals surface area contributed by atoms with Crippen molar-refractivity contribution in [2.24, 2.45) is 5.92 Å². The maximum Gasteiger partial charge on any atom is 0.490 e. The Bertz CT molecular complexity index is 596. The number of benzene rings is 1. The van der Waals surface area contributed by atoms with E-state index in [1.54, 1.807) is 0 Å². The largest absolute Gasteiger partial charge is 0.490 e. The van der Waals surface area contributed by atoms with E-state index in [9.17, 15) is 0 Å². The van der Waals surface area contributed by atoms with Crippen LogP contribution in [-0.2, 0) is 9.31 Å². The fourth-order valence-corrected chi connectivity index (χ4v) is 3.99. The van der Waals surface area contributed by atoms with Crippen molar-refractivity contribution in [3.8, 4) is 0 Å². The molecular weight excluding hydrogens is 307 g/mol. The molecule has 1 saturated carbocycles. The molecular formula is C22H33BO2. The monoisotopic (exact) mass is 340 g/mol. The number of hydrogen-bond donors (Lipinski definition) is 0. The van der Waals surface area contributed by atoms with Crippen molar-refractivity contribution in [1.82, 2.24) is 0 Å². The first-order chi connectivity index (χ1) is 11.8. The lowest BCUT2D eigenvalue weighted by molar-refractivity contribution is 0.00578. The summed E-state index contributed by atoms with van der Waals surface area (Å²) in [7, 11) is -0.230. The van der Waals surface area contributed by atoms with E-state index in [-0.39, 0.29) is 18.3 Å². The molecule has 1 aliphatic carbocycles. The molecule has 136 valence electrons. The van der Waals surface area contributed by atoms with Gasteiger partial charge in [-0.2, -0.15) is 0 Å². The molecule has 3 heteroatoms. The van der Waals surface area contributed by atoms with Crippen LogP contribution in [0.4, 0.5) is 0 Å². The smallest absolute Gasteiger partial charge is 0.400 e. The van der Waals surface area contributed by atoms with Gasteiger partial charge in [0, 0.05) is 0 Å². The van der Waals surface area contributed by atoms with Crippen molar-refractivity contribution >= 4 is 12.7 Å². The first kappa shape index (κ1) is 18.7. The summed E-state index contributed by atoms with van der Waals surface area (Å²) >= 11 is 0. The highest BCUT2D eigenvalue weighted by Crippen LogP contribution is 2.42. The Labute approximate surface area is 154 Å². The van der Waals surface area contributed by atoms with Crippen molar-refractivity contribution in [3.63, 3.8) is 0 Å². The molecule has 0 unspecified atom stereocenters. The van der Waals surface area contributed by atoms with E-state index in [1.165, 1.54) is 48.7 Å². The highest BCUT2D eigenvalue weighted by Gasteiger charge is 2.52. The van der Waals surface area contributed by atoms with Gasteiger partial charge in [-0.1, -0.05) is 62.4 Å². The predicted octanol–water partition coefficient (Wildman–Crippen LogP) is 6.06. The van der Waals surface area contributed by atoms with E-state index < -0.39 is 0 Å². The third-order valence-electron chi connectivity index (χ3n) is 6.46. The quantitative estimate of drug-likeness (QED) is 0.620. The second-order valence-corrected chi connectivity index (χ2v) is 8.81. The summed E-state index contributed by atoms with van der Waals surface area (Å²) in [6, 6.07) is 10.7. The molecule has 1 saturated heterocycles. The van der Waals surface area contributed by atoms with Gasteiger partial charge >= 0.3 is 7.12 Å². The minimum Gasteiger partial charge on any atom is -0.400 e. The zero-order valence-electron chi connectivity index (χ0n) is 16.6. The maximum absolute atomic E-state index is 6.43. The van der Waals surface area contributed by atoms with E-state index in [0.717, 1.165) is 12.3 Å². The van der Waals surface area contributed by atoms with Crippen molar-refractivity contribution in [2.45, 2.75) is 84.3 Å². The minimum absolute atomic E-state index is 0.230. The summed E-state index contributed by atoms with van der Waals surface area (Å²) in [5.74, 6) is 0.765. The Hall–Kier alpha value is -1.06. The van der Waals surface area contributed by atoms with E-state index in [2.05, 4.69) is 65.0 Å². The van der Waals surface area contributed by atoms with E-state index >= 15 is 0 Å². The van der Waals surface area contributed by atoms with Gasteiger partial charge in [0.15, 0.2) is 0 Å². The second kappa shape index (κ2) is 7.29. The molecule has 1 aromatic carbocycles. The number of rotatable bonds is 4. The molecule has 0 aromatic heterocycles. The third kappa shape index (κ3) is 4.04. The van der Waals surface area contributed by atoms with Crippen molar-refractivity contribution in [1.29, 1.82) is 0 Å². The molecule has 2 nitrogen and oxygen atoms in total. The lowest BCUT2D eigenvalue weighted by atomic mass is 9.68. The molecule has 0 atom stereocenters. The summed E-state index contributed by atoms with van der Waals surface area (Å²) in [6.07, 6.45) is 7.90. The average Bonchev–Trinajstić information content (AvgIpc) is 2.81. The summed E-state index contributed by atoms with van der Waals surface area (Å²) in [5.41, 5.74) is 3.38.